The highest BCUT2D eigenvalue weighted by molar-refractivity contribution is 9.10. The Balaban J connectivity index is 2.25. The van der Waals surface area contributed by atoms with Crippen LogP contribution in [0.3, 0.4) is 0 Å². The van der Waals surface area contributed by atoms with Crippen molar-refractivity contribution in [3.8, 4) is 5.75 Å². The summed E-state index contributed by atoms with van der Waals surface area (Å²) in [5.41, 5.74) is 9.57. The topological polar surface area (TPSA) is 35.2 Å². The Bertz CT molecular complexity index is 578. The van der Waals surface area contributed by atoms with Gasteiger partial charge in [0, 0.05) is 10.5 Å². The van der Waals surface area contributed by atoms with E-state index in [1.54, 1.807) is 0 Å². The maximum absolute atomic E-state index is 6.09. The predicted molar refractivity (Wildman–Crippen MR) is 87.1 cm³/mol. The van der Waals surface area contributed by atoms with Crippen LogP contribution in [0.1, 0.15) is 29.7 Å². The van der Waals surface area contributed by atoms with Gasteiger partial charge in [0.05, 0.1) is 0 Å². The molecule has 0 saturated heterocycles. The molecule has 2 N–H and O–H groups in total. The summed E-state index contributed by atoms with van der Waals surface area (Å²) in [6, 6.07) is 14.2. The van der Waals surface area contributed by atoms with Crippen molar-refractivity contribution < 1.29 is 4.74 Å². The maximum atomic E-state index is 6.09. The molecular weight excluding hydrogens is 314 g/mol. The van der Waals surface area contributed by atoms with E-state index >= 15 is 0 Å². The summed E-state index contributed by atoms with van der Waals surface area (Å²) in [6.45, 7) is 6.09. The minimum atomic E-state index is -0.142. The summed E-state index contributed by atoms with van der Waals surface area (Å²) in [4.78, 5) is 0. The number of halogens is 1. The number of nitrogens with two attached hydrogens (primary N) is 1. The lowest BCUT2D eigenvalue weighted by Crippen LogP contribution is -2.29. The molecule has 2 unspecified atom stereocenters. The average molecular weight is 334 g/mol. The van der Waals surface area contributed by atoms with E-state index in [0.717, 1.165) is 21.3 Å². The van der Waals surface area contributed by atoms with Crippen LogP contribution < -0.4 is 10.5 Å². The molecule has 2 nitrogen and oxygen atoms in total. The van der Waals surface area contributed by atoms with Crippen LogP contribution in [-0.4, -0.2) is 6.04 Å². The van der Waals surface area contributed by atoms with E-state index in [2.05, 4.69) is 47.1 Å². The fraction of sp³-hybridized carbons (Fsp3) is 0.294. The molecule has 2 atom stereocenters. The van der Waals surface area contributed by atoms with Crippen molar-refractivity contribution in [1.29, 1.82) is 0 Å². The number of rotatable bonds is 4. The third kappa shape index (κ3) is 3.62. The van der Waals surface area contributed by atoms with Gasteiger partial charge in [-0.05, 0) is 50.1 Å². The van der Waals surface area contributed by atoms with Gasteiger partial charge in [0.1, 0.15) is 11.9 Å². The van der Waals surface area contributed by atoms with Gasteiger partial charge in [-0.2, -0.15) is 0 Å². The maximum Gasteiger partial charge on any atom is 0.138 e. The van der Waals surface area contributed by atoms with Crippen LogP contribution in [0.2, 0.25) is 0 Å². The molecule has 20 heavy (non-hydrogen) atoms. The highest BCUT2D eigenvalue weighted by Gasteiger charge is 2.18. The number of hydrogen-bond donors (Lipinski definition) is 1. The zero-order chi connectivity index (χ0) is 14.7. The van der Waals surface area contributed by atoms with Gasteiger partial charge >= 0.3 is 0 Å². The molecule has 0 aliphatic rings. The monoisotopic (exact) mass is 333 g/mol. The summed E-state index contributed by atoms with van der Waals surface area (Å²) in [5, 5.41) is 0. The molecule has 2 rings (SSSR count). The smallest absolute Gasteiger partial charge is 0.138 e. The van der Waals surface area contributed by atoms with Crippen molar-refractivity contribution in [2.24, 2.45) is 5.73 Å². The first kappa shape index (κ1) is 15.1. The molecule has 2 aromatic rings. The molecule has 0 saturated carbocycles. The van der Waals surface area contributed by atoms with E-state index in [4.69, 9.17) is 10.5 Å². The third-order valence-electron chi connectivity index (χ3n) is 3.28. The van der Waals surface area contributed by atoms with Crippen LogP contribution in [0, 0.1) is 13.8 Å². The molecule has 0 aliphatic carbocycles. The fourth-order valence-electron chi connectivity index (χ4n) is 2.07. The van der Waals surface area contributed by atoms with E-state index in [-0.39, 0.29) is 12.1 Å². The minimum Gasteiger partial charge on any atom is -0.484 e. The molecule has 106 valence electrons. The Morgan fingerprint density at radius 3 is 2.25 bits per heavy atom. The molecule has 0 heterocycles. The van der Waals surface area contributed by atoms with E-state index in [0.29, 0.717) is 0 Å². The molecule has 0 radical (unpaired) electrons. The van der Waals surface area contributed by atoms with Gasteiger partial charge < -0.3 is 10.5 Å². The van der Waals surface area contributed by atoms with E-state index in [1.165, 1.54) is 5.56 Å². The second-order valence-corrected chi connectivity index (χ2v) is 6.07. The van der Waals surface area contributed by atoms with Crippen molar-refractivity contribution in [2.75, 3.05) is 0 Å². The summed E-state index contributed by atoms with van der Waals surface area (Å²) in [6.07, 6.45) is -0.142. The largest absolute Gasteiger partial charge is 0.484 e. The van der Waals surface area contributed by atoms with E-state index < -0.39 is 0 Å². The number of aryl methyl sites for hydroxylation is 2. The van der Waals surface area contributed by atoms with Crippen LogP contribution in [0.4, 0.5) is 0 Å². The summed E-state index contributed by atoms with van der Waals surface area (Å²) in [5.74, 6) is 0.841. The van der Waals surface area contributed by atoms with E-state index in [1.807, 2.05) is 32.0 Å². The van der Waals surface area contributed by atoms with Crippen molar-refractivity contribution in [3.63, 3.8) is 0 Å². The normalized spacial score (nSPS) is 13.8. The first-order valence-corrected chi connectivity index (χ1v) is 7.51. The van der Waals surface area contributed by atoms with Gasteiger partial charge in [0.2, 0.25) is 0 Å². The zero-order valence-electron chi connectivity index (χ0n) is 12.1. The fourth-order valence-corrected chi connectivity index (χ4v) is 2.32. The van der Waals surface area contributed by atoms with Crippen LogP contribution in [0.15, 0.2) is 46.9 Å². The first-order chi connectivity index (χ1) is 9.47. The molecule has 0 amide bonds. The quantitative estimate of drug-likeness (QED) is 0.891. The summed E-state index contributed by atoms with van der Waals surface area (Å²) < 4.78 is 7.17. The van der Waals surface area contributed by atoms with E-state index in [9.17, 15) is 0 Å². The van der Waals surface area contributed by atoms with Gasteiger partial charge in [-0.25, -0.2) is 0 Å². The van der Waals surface area contributed by atoms with Crippen LogP contribution in [0.25, 0.3) is 0 Å². The minimum absolute atomic E-state index is 0.0818. The van der Waals surface area contributed by atoms with Crippen LogP contribution in [-0.2, 0) is 0 Å². The second kappa shape index (κ2) is 6.42. The molecule has 3 heteroatoms. The highest BCUT2D eigenvalue weighted by atomic mass is 79.9. The number of hydrogen-bond acceptors (Lipinski definition) is 2. The lowest BCUT2D eigenvalue weighted by molar-refractivity contribution is 0.180. The van der Waals surface area contributed by atoms with Crippen molar-refractivity contribution in [1.82, 2.24) is 0 Å². The van der Waals surface area contributed by atoms with Gasteiger partial charge in [0.25, 0.3) is 0 Å². The molecule has 0 spiro atoms. The Labute approximate surface area is 129 Å². The van der Waals surface area contributed by atoms with Gasteiger partial charge in [-0.3, -0.25) is 0 Å². The van der Waals surface area contributed by atoms with Crippen LogP contribution >= 0.6 is 15.9 Å². The standard InChI is InChI=1S/C17H20BrNO/c1-11-4-6-14(7-5-11)17(13(3)19)20-15-8-9-16(18)12(2)10-15/h4-10,13,17H,19H2,1-3H3. The Kier molecular flexibility index (Phi) is 4.84. The van der Waals surface area contributed by atoms with Gasteiger partial charge in [-0.1, -0.05) is 45.8 Å². The highest BCUT2D eigenvalue weighted by Crippen LogP contribution is 2.27. The number of benzene rings is 2. The lowest BCUT2D eigenvalue weighted by Gasteiger charge is -2.23. The summed E-state index contributed by atoms with van der Waals surface area (Å²) in [7, 11) is 0. The van der Waals surface area contributed by atoms with Crippen molar-refractivity contribution in [3.05, 3.63) is 63.6 Å². The SMILES string of the molecule is Cc1ccc(C(Oc2ccc(Br)c(C)c2)C(C)N)cc1. The van der Waals surface area contributed by atoms with Crippen LogP contribution in [0.5, 0.6) is 5.75 Å². The molecule has 0 aliphatic heterocycles. The lowest BCUT2D eigenvalue weighted by atomic mass is 10.0. The molecular formula is C17H20BrNO. The molecule has 2 aromatic carbocycles. The Morgan fingerprint density at radius 1 is 1.05 bits per heavy atom. The van der Waals surface area contributed by atoms with Gasteiger partial charge in [0.15, 0.2) is 0 Å². The zero-order valence-corrected chi connectivity index (χ0v) is 13.6. The second-order valence-electron chi connectivity index (χ2n) is 5.22. The molecule has 0 aromatic heterocycles. The number of ether oxygens (including phenoxy) is 1. The van der Waals surface area contributed by atoms with Crippen molar-refractivity contribution in [2.45, 2.75) is 32.9 Å². The van der Waals surface area contributed by atoms with Gasteiger partial charge in [-0.15, -0.1) is 0 Å². The average Bonchev–Trinajstić information content (AvgIpc) is 2.41. The Morgan fingerprint density at radius 2 is 1.70 bits per heavy atom. The summed E-state index contributed by atoms with van der Waals surface area (Å²) >= 11 is 3.50. The first-order valence-electron chi connectivity index (χ1n) is 6.72. The molecule has 0 bridgehead atoms. The third-order valence-corrected chi connectivity index (χ3v) is 4.17. The Hall–Kier alpha value is -1.32. The molecule has 0 fully saturated rings. The predicted octanol–water partition coefficient (Wildman–Crippen LogP) is 4.53. The van der Waals surface area contributed by atoms with Crippen molar-refractivity contribution >= 4 is 15.9 Å².